The van der Waals surface area contributed by atoms with E-state index in [1.807, 2.05) is 33.8 Å². The first kappa shape index (κ1) is 25.5. The highest BCUT2D eigenvalue weighted by Crippen LogP contribution is 2.22. The lowest BCUT2D eigenvalue weighted by Gasteiger charge is -2.16. The highest BCUT2D eigenvalue weighted by Gasteiger charge is 2.15. The lowest BCUT2D eigenvalue weighted by molar-refractivity contribution is 0.173. The van der Waals surface area contributed by atoms with E-state index in [0.29, 0.717) is 17.9 Å². The molecule has 1 aromatic heterocycles. The lowest BCUT2D eigenvalue weighted by atomic mass is 9.96. The van der Waals surface area contributed by atoms with Crippen LogP contribution in [0.2, 0.25) is 0 Å². The molecule has 1 rings (SSSR count). The molecule has 0 aliphatic heterocycles. The number of hydrogen-bond donors (Lipinski definition) is 2. The van der Waals surface area contributed by atoms with Crippen molar-refractivity contribution in [3.8, 4) is 11.6 Å². The summed E-state index contributed by atoms with van der Waals surface area (Å²) in [7, 11) is 2.97. The molecule has 166 valence electrons. The van der Waals surface area contributed by atoms with Gasteiger partial charge in [0, 0.05) is 23.6 Å². The molecule has 2 unspecified atom stereocenters. The van der Waals surface area contributed by atoms with Crippen LogP contribution in [0.1, 0.15) is 52.3 Å². The number of aromatic amines is 1. The van der Waals surface area contributed by atoms with Gasteiger partial charge in [0.2, 0.25) is 17.1 Å². The normalized spacial score (nSPS) is 15.4. The van der Waals surface area contributed by atoms with Crippen molar-refractivity contribution in [2.75, 3.05) is 14.2 Å². The number of hydrogen-bond acceptors (Lipinski definition) is 4. The second-order valence-corrected chi connectivity index (χ2v) is 7.73. The molecule has 1 aromatic rings. The third-order valence-electron chi connectivity index (χ3n) is 5.30. The first-order valence-electron chi connectivity index (χ1n) is 10.3. The highest BCUT2D eigenvalue weighted by molar-refractivity contribution is 5.40. The number of rotatable bonds is 10. The first-order valence-corrected chi connectivity index (χ1v) is 10.3. The molecule has 0 bridgehead atoms. The quantitative estimate of drug-likeness (QED) is 0.415. The SMILES string of the molecule is C/C=C(\C)C(O)C(C)/C=C(C)/C=C/C/C(C)=C/Cc1[nH]c(OC)c(OC)c(=O)c1C. The van der Waals surface area contributed by atoms with Crippen molar-refractivity contribution in [1.82, 2.24) is 4.98 Å². The third kappa shape index (κ3) is 7.06. The molecule has 2 N–H and O–H groups in total. The minimum Gasteiger partial charge on any atom is -0.488 e. The van der Waals surface area contributed by atoms with Gasteiger partial charge in [-0.1, -0.05) is 48.5 Å². The van der Waals surface area contributed by atoms with Crippen molar-refractivity contribution in [2.45, 2.75) is 60.5 Å². The summed E-state index contributed by atoms with van der Waals surface area (Å²) in [5.74, 6) is 0.611. The standard InChI is InChI=1S/C25H37NO4/c1-9-18(4)22(27)19(5)15-17(3)12-10-11-16(2)13-14-21-20(6)23(28)24(29-7)25(26-21)30-8/h9-10,12-13,15,19,22,27H,11,14H2,1-8H3,(H,26,28)/b12-10+,16-13+,17-15+,18-9+. The van der Waals surface area contributed by atoms with Crippen LogP contribution < -0.4 is 14.9 Å². The fourth-order valence-corrected chi connectivity index (χ4v) is 3.17. The molecule has 1 heterocycles. The second-order valence-electron chi connectivity index (χ2n) is 7.73. The molecular weight excluding hydrogens is 378 g/mol. The predicted molar refractivity (Wildman–Crippen MR) is 124 cm³/mol. The number of allylic oxidation sites excluding steroid dienone is 6. The molecule has 0 spiro atoms. The van der Waals surface area contributed by atoms with E-state index in [1.54, 1.807) is 6.92 Å². The van der Waals surface area contributed by atoms with Crippen LogP contribution in [0.4, 0.5) is 0 Å². The van der Waals surface area contributed by atoms with Gasteiger partial charge in [-0.2, -0.15) is 0 Å². The highest BCUT2D eigenvalue weighted by atomic mass is 16.5. The Morgan fingerprint density at radius 1 is 1.20 bits per heavy atom. The molecule has 0 amide bonds. The Morgan fingerprint density at radius 3 is 2.43 bits per heavy atom. The van der Waals surface area contributed by atoms with Gasteiger partial charge in [-0.05, 0) is 46.6 Å². The summed E-state index contributed by atoms with van der Waals surface area (Å²) < 4.78 is 10.4. The summed E-state index contributed by atoms with van der Waals surface area (Å²) in [4.78, 5) is 15.6. The van der Waals surface area contributed by atoms with E-state index in [-0.39, 0.29) is 17.1 Å². The van der Waals surface area contributed by atoms with Crippen molar-refractivity contribution in [3.05, 3.63) is 68.6 Å². The number of aromatic nitrogens is 1. The minimum atomic E-state index is -0.452. The number of nitrogens with one attached hydrogen (secondary N) is 1. The maximum Gasteiger partial charge on any atom is 0.238 e. The van der Waals surface area contributed by atoms with Crippen LogP contribution in [0.15, 0.2) is 51.9 Å². The molecule has 5 heteroatoms. The van der Waals surface area contributed by atoms with E-state index in [4.69, 9.17) is 9.47 Å². The number of H-pyrrole nitrogens is 1. The van der Waals surface area contributed by atoms with Crippen molar-refractivity contribution >= 4 is 0 Å². The van der Waals surface area contributed by atoms with Crippen LogP contribution in [-0.2, 0) is 6.42 Å². The molecule has 30 heavy (non-hydrogen) atoms. The van der Waals surface area contributed by atoms with E-state index >= 15 is 0 Å². The number of aliphatic hydroxyl groups excluding tert-OH is 1. The zero-order valence-electron chi connectivity index (χ0n) is 19.6. The molecule has 0 aliphatic carbocycles. The van der Waals surface area contributed by atoms with Gasteiger partial charge in [-0.3, -0.25) is 4.79 Å². The molecule has 0 aliphatic rings. The Kier molecular flexibility index (Phi) is 10.4. The number of pyridine rings is 1. The van der Waals surface area contributed by atoms with Crippen LogP contribution in [-0.4, -0.2) is 30.4 Å². The largest absolute Gasteiger partial charge is 0.488 e. The molecule has 0 radical (unpaired) electrons. The number of ether oxygens (including phenoxy) is 2. The maximum absolute atomic E-state index is 12.4. The Hall–Kier alpha value is -2.53. The van der Waals surface area contributed by atoms with Crippen molar-refractivity contribution in [2.24, 2.45) is 5.92 Å². The predicted octanol–water partition coefficient (Wildman–Crippen LogP) is 5.05. The van der Waals surface area contributed by atoms with Gasteiger partial charge in [0.15, 0.2) is 0 Å². The fourth-order valence-electron chi connectivity index (χ4n) is 3.17. The zero-order valence-corrected chi connectivity index (χ0v) is 19.6. The van der Waals surface area contributed by atoms with E-state index in [1.165, 1.54) is 19.8 Å². The second kappa shape index (κ2) is 12.2. The minimum absolute atomic E-state index is 0.0624. The topological polar surface area (TPSA) is 71.6 Å². The average Bonchev–Trinajstić information content (AvgIpc) is 2.73. The van der Waals surface area contributed by atoms with Gasteiger partial charge in [-0.15, -0.1) is 0 Å². The summed E-state index contributed by atoms with van der Waals surface area (Å²) in [6.07, 6.45) is 11.3. The van der Waals surface area contributed by atoms with E-state index in [9.17, 15) is 9.90 Å². The molecule has 0 saturated heterocycles. The van der Waals surface area contributed by atoms with Crippen molar-refractivity contribution in [3.63, 3.8) is 0 Å². The Morgan fingerprint density at radius 2 is 1.87 bits per heavy atom. The Labute approximate surface area is 180 Å². The monoisotopic (exact) mass is 415 g/mol. The molecule has 0 fully saturated rings. The fraction of sp³-hybridized carbons (Fsp3) is 0.480. The summed E-state index contributed by atoms with van der Waals surface area (Å²) in [6, 6.07) is 0. The summed E-state index contributed by atoms with van der Waals surface area (Å²) in [5.41, 5.74) is 4.61. The van der Waals surface area contributed by atoms with Gasteiger partial charge < -0.3 is 19.6 Å². The maximum atomic E-state index is 12.4. The van der Waals surface area contributed by atoms with Crippen LogP contribution in [0.5, 0.6) is 11.6 Å². The van der Waals surface area contributed by atoms with E-state index in [0.717, 1.165) is 23.3 Å². The van der Waals surface area contributed by atoms with Crippen LogP contribution in [0, 0.1) is 12.8 Å². The molecule has 0 aromatic carbocycles. The van der Waals surface area contributed by atoms with Gasteiger partial charge in [0.1, 0.15) is 0 Å². The van der Waals surface area contributed by atoms with E-state index in [2.05, 4.69) is 36.2 Å². The van der Waals surface area contributed by atoms with Crippen LogP contribution >= 0.6 is 0 Å². The van der Waals surface area contributed by atoms with Crippen molar-refractivity contribution in [1.29, 1.82) is 0 Å². The lowest BCUT2D eigenvalue weighted by Crippen LogP contribution is -2.17. The summed E-state index contributed by atoms with van der Waals surface area (Å²) >= 11 is 0. The summed E-state index contributed by atoms with van der Waals surface area (Å²) in [5, 5.41) is 10.3. The molecule has 0 saturated carbocycles. The van der Waals surface area contributed by atoms with Crippen molar-refractivity contribution < 1.29 is 14.6 Å². The number of methoxy groups -OCH3 is 2. The van der Waals surface area contributed by atoms with Gasteiger partial charge in [-0.25, -0.2) is 0 Å². The smallest absolute Gasteiger partial charge is 0.238 e. The zero-order chi connectivity index (χ0) is 22.8. The van der Waals surface area contributed by atoms with E-state index < -0.39 is 6.10 Å². The van der Waals surface area contributed by atoms with Crippen LogP contribution in [0.25, 0.3) is 0 Å². The Bertz CT molecular complexity index is 887. The van der Waals surface area contributed by atoms with Gasteiger partial charge in [0.25, 0.3) is 0 Å². The van der Waals surface area contributed by atoms with Gasteiger partial charge >= 0.3 is 0 Å². The third-order valence-corrected chi connectivity index (χ3v) is 5.30. The first-order chi connectivity index (χ1) is 14.2. The summed E-state index contributed by atoms with van der Waals surface area (Å²) in [6.45, 7) is 11.8. The molecule has 5 nitrogen and oxygen atoms in total. The number of aliphatic hydroxyl groups is 1. The van der Waals surface area contributed by atoms with Crippen LogP contribution in [0.3, 0.4) is 0 Å². The van der Waals surface area contributed by atoms with Gasteiger partial charge in [0.05, 0.1) is 20.3 Å². The molecule has 2 atom stereocenters. The average molecular weight is 416 g/mol. The Balaban J connectivity index is 2.80. The molecular formula is C25H37NO4.